The summed E-state index contributed by atoms with van der Waals surface area (Å²) in [5.74, 6) is 2.61. The molecule has 5 aliphatic rings. The van der Waals surface area contributed by atoms with Gasteiger partial charge in [-0.05, 0) is 108 Å². The zero-order valence-corrected chi connectivity index (χ0v) is 23.5. The molecule has 4 bridgehead atoms. The van der Waals surface area contributed by atoms with Crippen LogP contribution in [-0.4, -0.2) is 60.4 Å². The molecule has 1 N–H and O–H groups in total. The highest BCUT2D eigenvalue weighted by atomic mass is 32.2. The first kappa shape index (κ1) is 31.9. The van der Waals surface area contributed by atoms with Crippen LogP contribution in [0, 0.1) is 29.6 Å². The van der Waals surface area contributed by atoms with Crippen molar-refractivity contribution in [2.45, 2.75) is 127 Å². The van der Waals surface area contributed by atoms with Gasteiger partial charge in [-0.3, -0.25) is 0 Å². The van der Waals surface area contributed by atoms with Gasteiger partial charge in [0.2, 0.25) is 10.0 Å². The molecular weight excluding hydrogens is 536 g/mol. The van der Waals surface area contributed by atoms with Crippen LogP contribution in [0.1, 0.15) is 91.4 Å². The number of hydrogen-bond acceptors (Lipinski definition) is 4. The molecule has 5 aliphatic carbocycles. The number of ether oxygens (including phenoxy) is 1. The van der Waals surface area contributed by atoms with Crippen molar-refractivity contribution in [2.75, 3.05) is 7.11 Å². The molecule has 5 saturated carbocycles. The lowest BCUT2D eigenvalue weighted by molar-refractivity contribution is -0.387. The van der Waals surface area contributed by atoms with Gasteiger partial charge in [-0.1, -0.05) is 6.92 Å². The number of hydrogen-bond donors (Lipinski definition) is 1. The number of aliphatic hydroxyl groups is 1. The maximum absolute atomic E-state index is 13.1. The van der Waals surface area contributed by atoms with Crippen LogP contribution >= 0.6 is 0 Å². The predicted molar refractivity (Wildman–Crippen MR) is 131 cm³/mol. The second-order valence-corrected chi connectivity index (χ2v) is 14.3. The smallest absolute Gasteiger partial charge is 0.373 e. The molecule has 5 fully saturated rings. The van der Waals surface area contributed by atoms with Gasteiger partial charge >= 0.3 is 12.4 Å². The lowest BCUT2D eigenvalue weighted by Crippen LogP contribution is -2.63. The first-order chi connectivity index (χ1) is 17.5. The van der Waals surface area contributed by atoms with Crippen molar-refractivity contribution in [1.29, 1.82) is 0 Å². The van der Waals surface area contributed by atoms with Crippen LogP contribution in [0.2, 0.25) is 0 Å². The largest absolute Gasteiger partial charge is 0.426 e. The Labute approximate surface area is 222 Å². The molecule has 12 heteroatoms. The van der Waals surface area contributed by atoms with E-state index in [0.717, 1.165) is 4.31 Å². The van der Waals surface area contributed by atoms with Crippen LogP contribution in [0.4, 0.5) is 26.3 Å². The predicted octanol–water partition coefficient (Wildman–Crippen LogP) is 6.66. The SMILES string of the molecule is C1C2CC3CC1CC(C2)C3.CCC(C)S(=O)(=O)N(C1CCC(C(O)(C(F)(F)F)C(F)(F)F)CC1)C(C)OC. The quantitative estimate of drug-likeness (QED) is 0.271. The van der Waals surface area contributed by atoms with E-state index in [9.17, 15) is 39.9 Å². The van der Waals surface area contributed by atoms with Crippen molar-refractivity contribution in [3.05, 3.63) is 0 Å². The third-order valence-corrected chi connectivity index (χ3v) is 12.1. The van der Waals surface area contributed by atoms with E-state index in [-0.39, 0.29) is 19.3 Å². The summed E-state index contributed by atoms with van der Waals surface area (Å²) in [6, 6.07) is -0.809. The van der Waals surface area contributed by atoms with Crippen molar-refractivity contribution in [1.82, 2.24) is 4.31 Å². The second-order valence-electron chi connectivity index (χ2n) is 12.1. The molecule has 2 unspecified atom stereocenters. The van der Waals surface area contributed by atoms with Crippen LogP contribution in [0.25, 0.3) is 0 Å². The Balaban J connectivity index is 0.000000323. The number of sulfonamides is 1. The van der Waals surface area contributed by atoms with Crippen LogP contribution < -0.4 is 0 Å². The summed E-state index contributed by atoms with van der Waals surface area (Å²) >= 11 is 0. The summed E-state index contributed by atoms with van der Waals surface area (Å²) in [4.78, 5) is 0. The average Bonchev–Trinajstić information content (AvgIpc) is 2.81. The summed E-state index contributed by atoms with van der Waals surface area (Å²) in [5.41, 5.74) is -4.82. The molecule has 0 heterocycles. The van der Waals surface area contributed by atoms with Crippen LogP contribution in [-0.2, 0) is 14.8 Å². The number of nitrogens with zero attached hydrogens (tertiary/aromatic N) is 1. The Hall–Kier alpha value is -0.590. The molecule has 2 atom stereocenters. The number of methoxy groups -OCH3 is 1. The fraction of sp³-hybridized carbons (Fsp3) is 1.00. The Morgan fingerprint density at radius 1 is 0.816 bits per heavy atom. The van der Waals surface area contributed by atoms with E-state index < -0.39 is 64.3 Å². The second kappa shape index (κ2) is 11.7. The third-order valence-electron chi connectivity index (χ3n) is 9.59. The summed E-state index contributed by atoms with van der Waals surface area (Å²) in [5, 5.41) is 8.78. The summed E-state index contributed by atoms with van der Waals surface area (Å²) in [6.45, 7) is 4.58. The van der Waals surface area contributed by atoms with E-state index in [1.807, 2.05) is 0 Å². The van der Waals surface area contributed by atoms with Gasteiger partial charge in [0.1, 0.15) is 6.23 Å². The first-order valence-corrected chi connectivity index (χ1v) is 15.4. The van der Waals surface area contributed by atoms with Crippen molar-refractivity contribution in [3.63, 3.8) is 0 Å². The maximum Gasteiger partial charge on any atom is 0.426 e. The van der Waals surface area contributed by atoms with Gasteiger partial charge in [-0.25, -0.2) is 8.42 Å². The minimum Gasteiger partial charge on any atom is -0.373 e. The van der Waals surface area contributed by atoms with Gasteiger partial charge in [0, 0.05) is 19.1 Å². The molecule has 0 aromatic heterocycles. The molecular formula is C26H43F6NO4S. The number of alkyl halides is 6. The monoisotopic (exact) mass is 579 g/mol. The summed E-state index contributed by atoms with van der Waals surface area (Å²) in [6.07, 6.45) is -4.52. The standard InChI is InChI=1S/C16H27F6NO4S.C10H16/c1-5-10(2)28(25,26)23(11(3)27-4)13-8-6-12(7-9-13)14(24,15(17,18)19)16(20,21)22;1-7-2-9-4-8(1)5-10(3-7)6-9/h10-13,24H,5-9H2,1-4H3;7-10H,1-6H2. The van der Waals surface area contributed by atoms with Crippen molar-refractivity contribution < 1.29 is 44.6 Å². The maximum atomic E-state index is 13.1. The van der Waals surface area contributed by atoms with Gasteiger partial charge in [-0.15, -0.1) is 0 Å². The van der Waals surface area contributed by atoms with E-state index >= 15 is 0 Å². The van der Waals surface area contributed by atoms with Crippen molar-refractivity contribution in [2.24, 2.45) is 29.6 Å². The topological polar surface area (TPSA) is 66.8 Å². The normalized spacial score (nSPS) is 33.6. The van der Waals surface area contributed by atoms with E-state index in [1.54, 1.807) is 45.4 Å². The van der Waals surface area contributed by atoms with E-state index in [2.05, 4.69) is 0 Å². The number of halogens is 6. The van der Waals surface area contributed by atoms with Gasteiger partial charge in [-0.2, -0.15) is 30.6 Å². The molecule has 5 nitrogen and oxygen atoms in total. The molecule has 0 spiro atoms. The Morgan fingerprint density at radius 3 is 1.47 bits per heavy atom. The lowest BCUT2D eigenvalue weighted by atomic mass is 9.56. The molecule has 0 saturated heterocycles. The van der Waals surface area contributed by atoms with Crippen LogP contribution in [0.5, 0.6) is 0 Å². The number of rotatable bonds is 7. The molecule has 0 radical (unpaired) electrons. The zero-order valence-electron chi connectivity index (χ0n) is 22.7. The van der Waals surface area contributed by atoms with Crippen molar-refractivity contribution in [3.8, 4) is 0 Å². The summed E-state index contributed by atoms with van der Waals surface area (Å²) in [7, 11) is -2.61. The van der Waals surface area contributed by atoms with Gasteiger partial charge in [0.25, 0.3) is 5.60 Å². The molecule has 0 aromatic carbocycles. The fourth-order valence-corrected chi connectivity index (χ4v) is 9.55. The highest BCUT2D eigenvalue weighted by Gasteiger charge is 2.73. The Morgan fingerprint density at radius 2 is 1.18 bits per heavy atom. The highest BCUT2D eigenvalue weighted by Crippen LogP contribution is 2.54. The van der Waals surface area contributed by atoms with Gasteiger partial charge < -0.3 is 9.84 Å². The molecule has 5 rings (SSSR count). The minimum absolute atomic E-state index is 0.248. The third kappa shape index (κ3) is 6.33. The van der Waals surface area contributed by atoms with Crippen molar-refractivity contribution >= 4 is 10.0 Å². The Bertz CT molecular complexity index is 815. The first-order valence-electron chi connectivity index (χ1n) is 13.9. The zero-order chi connectivity index (χ0) is 28.7. The lowest BCUT2D eigenvalue weighted by Gasteiger charge is -2.49. The Kier molecular flexibility index (Phi) is 9.85. The molecule has 38 heavy (non-hydrogen) atoms. The summed E-state index contributed by atoms with van der Waals surface area (Å²) < 4.78 is 110. The molecule has 224 valence electrons. The van der Waals surface area contributed by atoms with E-state index in [1.165, 1.54) is 44.6 Å². The van der Waals surface area contributed by atoms with Gasteiger partial charge in [0.05, 0.1) is 5.25 Å². The highest BCUT2D eigenvalue weighted by molar-refractivity contribution is 7.89. The van der Waals surface area contributed by atoms with Gasteiger partial charge in [0.15, 0.2) is 0 Å². The van der Waals surface area contributed by atoms with E-state index in [0.29, 0.717) is 0 Å². The van der Waals surface area contributed by atoms with E-state index in [4.69, 9.17) is 4.74 Å². The average molecular weight is 580 g/mol. The molecule has 0 aromatic rings. The fourth-order valence-electron chi connectivity index (χ4n) is 7.59. The molecule has 0 aliphatic heterocycles. The molecule has 0 amide bonds. The minimum atomic E-state index is -5.88. The van der Waals surface area contributed by atoms with Crippen LogP contribution in [0.3, 0.4) is 0 Å². The van der Waals surface area contributed by atoms with Crippen LogP contribution in [0.15, 0.2) is 0 Å².